The molecule has 0 fully saturated rings. The SMILES string of the molecule is O=C(Nc1cccc(Br)c1)c1ccc2nc3c4ccccc4c4ccccc4c3nc2c1. The van der Waals surface area contributed by atoms with Crippen molar-refractivity contribution >= 4 is 71.1 Å². The number of carbonyl (C=O) groups is 1. The van der Waals surface area contributed by atoms with Gasteiger partial charge in [0, 0.05) is 26.5 Å². The van der Waals surface area contributed by atoms with Crippen LogP contribution in [-0.2, 0) is 0 Å². The number of fused-ring (bicyclic) bond motifs is 7. The van der Waals surface area contributed by atoms with Crippen LogP contribution in [0.1, 0.15) is 10.4 Å². The van der Waals surface area contributed by atoms with Gasteiger partial charge in [-0.15, -0.1) is 0 Å². The molecular weight excluding hydrogens is 462 g/mol. The quantitative estimate of drug-likeness (QED) is 0.213. The molecule has 0 unspecified atom stereocenters. The Labute approximate surface area is 192 Å². The van der Waals surface area contributed by atoms with Crippen LogP contribution < -0.4 is 5.32 Å². The summed E-state index contributed by atoms with van der Waals surface area (Å²) in [5, 5.41) is 7.38. The van der Waals surface area contributed by atoms with Crippen molar-refractivity contribution in [3.8, 4) is 0 Å². The number of amides is 1. The van der Waals surface area contributed by atoms with Crippen molar-refractivity contribution in [2.24, 2.45) is 0 Å². The Bertz CT molecular complexity index is 1690. The van der Waals surface area contributed by atoms with E-state index in [1.807, 2.05) is 54.6 Å². The zero-order valence-corrected chi connectivity index (χ0v) is 18.4. The number of aromatic nitrogens is 2. The van der Waals surface area contributed by atoms with E-state index >= 15 is 0 Å². The third kappa shape index (κ3) is 3.10. The summed E-state index contributed by atoms with van der Waals surface area (Å²) in [5.41, 5.74) is 4.44. The molecule has 0 radical (unpaired) electrons. The number of carbonyl (C=O) groups excluding carboxylic acids is 1. The summed E-state index contributed by atoms with van der Waals surface area (Å²) in [6.07, 6.45) is 0. The van der Waals surface area contributed by atoms with Gasteiger partial charge in [0.1, 0.15) is 0 Å². The van der Waals surface area contributed by atoms with E-state index in [9.17, 15) is 4.79 Å². The maximum atomic E-state index is 12.8. The molecule has 1 N–H and O–H groups in total. The van der Waals surface area contributed by atoms with E-state index < -0.39 is 0 Å². The van der Waals surface area contributed by atoms with Crippen molar-refractivity contribution in [2.75, 3.05) is 5.32 Å². The maximum Gasteiger partial charge on any atom is 0.255 e. The standard InChI is InChI=1S/C27H16BrN3O/c28-17-6-5-7-18(15-17)29-27(32)16-12-13-23-24(14-16)31-26-22-11-4-2-9-20(22)19-8-1-3-10-21(19)25(26)30-23/h1-15H,(H,29,32). The van der Waals surface area contributed by atoms with Crippen LogP contribution in [0.4, 0.5) is 5.69 Å². The summed E-state index contributed by atoms with van der Waals surface area (Å²) in [4.78, 5) is 22.8. The lowest BCUT2D eigenvalue weighted by atomic mass is 9.99. The summed E-state index contributed by atoms with van der Waals surface area (Å²) in [6.45, 7) is 0. The van der Waals surface area contributed by atoms with Crippen molar-refractivity contribution in [1.29, 1.82) is 0 Å². The molecule has 1 amide bonds. The lowest BCUT2D eigenvalue weighted by molar-refractivity contribution is 0.102. The third-order valence-electron chi connectivity index (χ3n) is 5.66. The molecule has 0 saturated carbocycles. The molecule has 152 valence electrons. The summed E-state index contributed by atoms with van der Waals surface area (Å²) in [6, 6.07) is 29.5. The van der Waals surface area contributed by atoms with E-state index in [4.69, 9.17) is 9.97 Å². The average Bonchev–Trinajstić information content (AvgIpc) is 2.83. The lowest BCUT2D eigenvalue weighted by Gasteiger charge is -2.11. The molecule has 1 aromatic heterocycles. The first kappa shape index (κ1) is 18.9. The number of rotatable bonds is 2. The molecule has 0 aliphatic heterocycles. The number of nitrogens with one attached hydrogen (secondary N) is 1. The Morgan fingerprint density at radius 1 is 0.656 bits per heavy atom. The summed E-state index contributed by atoms with van der Waals surface area (Å²) >= 11 is 3.43. The minimum Gasteiger partial charge on any atom is -0.322 e. The fraction of sp³-hybridized carbons (Fsp3) is 0. The summed E-state index contributed by atoms with van der Waals surface area (Å²) in [7, 11) is 0. The Hall–Kier alpha value is -3.83. The highest BCUT2D eigenvalue weighted by atomic mass is 79.9. The minimum atomic E-state index is -0.185. The molecule has 5 aromatic carbocycles. The monoisotopic (exact) mass is 477 g/mol. The maximum absolute atomic E-state index is 12.8. The Balaban J connectivity index is 1.54. The van der Waals surface area contributed by atoms with Crippen LogP contribution in [0.3, 0.4) is 0 Å². The zero-order chi connectivity index (χ0) is 21.7. The van der Waals surface area contributed by atoms with Crippen LogP contribution >= 0.6 is 15.9 Å². The second-order valence-corrected chi connectivity index (χ2v) is 8.60. The van der Waals surface area contributed by atoms with E-state index in [2.05, 4.69) is 45.5 Å². The number of nitrogens with zero attached hydrogens (tertiary/aromatic N) is 2. The number of anilines is 1. The van der Waals surface area contributed by atoms with Gasteiger partial charge in [-0.25, -0.2) is 9.97 Å². The molecule has 32 heavy (non-hydrogen) atoms. The van der Waals surface area contributed by atoms with Gasteiger partial charge in [-0.05, 0) is 47.2 Å². The molecule has 1 heterocycles. The highest BCUT2D eigenvalue weighted by molar-refractivity contribution is 9.10. The average molecular weight is 478 g/mol. The van der Waals surface area contributed by atoms with E-state index in [-0.39, 0.29) is 5.91 Å². The van der Waals surface area contributed by atoms with Gasteiger partial charge in [0.05, 0.1) is 22.1 Å². The van der Waals surface area contributed by atoms with Crippen LogP contribution in [0.2, 0.25) is 0 Å². The second kappa shape index (κ2) is 7.39. The molecule has 0 spiro atoms. The van der Waals surface area contributed by atoms with Crippen LogP contribution in [0.25, 0.3) is 43.6 Å². The number of halogens is 1. The van der Waals surface area contributed by atoms with Crippen LogP contribution in [0, 0.1) is 0 Å². The molecule has 0 saturated heterocycles. The minimum absolute atomic E-state index is 0.185. The van der Waals surface area contributed by atoms with Gasteiger partial charge in [0.15, 0.2) is 0 Å². The van der Waals surface area contributed by atoms with Crippen molar-refractivity contribution in [3.63, 3.8) is 0 Å². The molecule has 0 aliphatic rings. The lowest BCUT2D eigenvalue weighted by Crippen LogP contribution is -2.11. The molecular formula is C27H16BrN3O. The molecule has 4 nitrogen and oxygen atoms in total. The topological polar surface area (TPSA) is 54.9 Å². The molecule has 0 aliphatic carbocycles. The Morgan fingerprint density at radius 3 is 1.94 bits per heavy atom. The number of benzene rings is 5. The van der Waals surface area contributed by atoms with Crippen LogP contribution in [0.5, 0.6) is 0 Å². The van der Waals surface area contributed by atoms with Crippen LogP contribution in [-0.4, -0.2) is 15.9 Å². The van der Waals surface area contributed by atoms with Crippen molar-refractivity contribution in [2.45, 2.75) is 0 Å². The zero-order valence-electron chi connectivity index (χ0n) is 16.8. The van der Waals surface area contributed by atoms with Gasteiger partial charge in [-0.2, -0.15) is 0 Å². The highest BCUT2D eigenvalue weighted by Gasteiger charge is 2.13. The fourth-order valence-corrected chi connectivity index (χ4v) is 4.59. The molecule has 0 bridgehead atoms. The highest BCUT2D eigenvalue weighted by Crippen LogP contribution is 2.34. The number of hydrogen-bond donors (Lipinski definition) is 1. The van der Waals surface area contributed by atoms with Gasteiger partial charge >= 0.3 is 0 Å². The summed E-state index contributed by atoms with van der Waals surface area (Å²) < 4.78 is 0.908. The first-order chi connectivity index (χ1) is 15.7. The van der Waals surface area contributed by atoms with Gasteiger partial charge in [-0.1, -0.05) is 70.5 Å². The predicted molar refractivity (Wildman–Crippen MR) is 134 cm³/mol. The van der Waals surface area contributed by atoms with Crippen molar-refractivity contribution in [3.05, 3.63) is 101 Å². The summed E-state index contributed by atoms with van der Waals surface area (Å²) in [5.74, 6) is -0.185. The third-order valence-corrected chi connectivity index (χ3v) is 6.16. The van der Waals surface area contributed by atoms with E-state index in [1.54, 1.807) is 12.1 Å². The Morgan fingerprint density at radius 2 is 1.28 bits per heavy atom. The van der Waals surface area contributed by atoms with Gasteiger partial charge < -0.3 is 5.32 Å². The second-order valence-electron chi connectivity index (χ2n) is 7.68. The Kier molecular flexibility index (Phi) is 4.37. The number of hydrogen-bond acceptors (Lipinski definition) is 3. The van der Waals surface area contributed by atoms with E-state index in [0.717, 1.165) is 48.3 Å². The molecule has 6 rings (SSSR count). The van der Waals surface area contributed by atoms with Gasteiger partial charge in [0.2, 0.25) is 0 Å². The predicted octanol–water partition coefficient (Wildman–Crippen LogP) is 7.10. The first-order valence-corrected chi connectivity index (χ1v) is 11.0. The van der Waals surface area contributed by atoms with Crippen molar-refractivity contribution < 1.29 is 4.79 Å². The molecule has 6 aromatic rings. The smallest absolute Gasteiger partial charge is 0.255 e. The van der Waals surface area contributed by atoms with Gasteiger partial charge in [-0.3, -0.25) is 4.79 Å². The molecule has 5 heteroatoms. The molecule has 0 atom stereocenters. The van der Waals surface area contributed by atoms with Gasteiger partial charge in [0.25, 0.3) is 5.91 Å². The fourth-order valence-electron chi connectivity index (χ4n) is 4.19. The van der Waals surface area contributed by atoms with E-state index in [0.29, 0.717) is 11.1 Å². The van der Waals surface area contributed by atoms with Crippen LogP contribution in [0.15, 0.2) is 95.5 Å². The first-order valence-electron chi connectivity index (χ1n) is 10.3. The largest absolute Gasteiger partial charge is 0.322 e. The van der Waals surface area contributed by atoms with E-state index in [1.165, 1.54) is 0 Å². The van der Waals surface area contributed by atoms with Crippen molar-refractivity contribution in [1.82, 2.24) is 9.97 Å². The normalized spacial score (nSPS) is 11.4.